The molecule has 0 amide bonds. The Labute approximate surface area is 154 Å². The predicted octanol–water partition coefficient (Wildman–Crippen LogP) is 6.64. The summed E-state index contributed by atoms with van der Waals surface area (Å²) in [6.07, 6.45) is 12.7. The molecule has 1 heterocycles. The Morgan fingerprint density at radius 2 is 2.04 bits per heavy atom. The van der Waals surface area contributed by atoms with Crippen molar-refractivity contribution in [1.82, 2.24) is 4.98 Å². The van der Waals surface area contributed by atoms with Crippen molar-refractivity contribution in [3.05, 3.63) is 64.4 Å². The maximum absolute atomic E-state index is 6.46. The second kappa shape index (κ2) is 8.22. The number of halogens is 1. The van der Waals surface area contributed by atoms with Gasteiger partial charge >= 0.3 is 0 Å². The number of aryl methyl sites for hydroxylation is 1. The second-order valence-electron chi connectivity index (χ2n) is 6.38. The van der Waals surface area contributed by atoms with E-state index in [4.69, 9.17) is 16.6 Å². The van der Waals surface area contributed by atoms with Gasteiger partial charge in [0.1, 0.15) is 0 Å². The molecule has 1 saturated carbocycles. The van der Waals surface area contributed by atoms with Gasteiger partial charge in [-0.3, -0.25) is 4.98 Å². The minimum absolute atomic E-state index is 0.659. The van der Waals surface area contributed by atoms with Crippen LogP contribution < -0.4 is 0 Å². The zero-order valence-electron chi connectivity index (χ0n) is 14.4. The van der Waals surface area contributed by atoms with Crippen LogP contribution in [-0.2, 0) is 6.42 Å². The van der Waals surface area contributed by atoms with Crippen molar-refractivity contribution in [2.24, 2.45) is 5.92 Å². The summed E-state index contributed by atoms with van der Waals surface area (Å²) in [5.41, 5.74) is 4.71. The molecule has 1 aromatic carbocycles. The topological polar surface area (TPSA) is 12.9 Å². The van der Waals surface area contributed by atoms with Crippen molar-refractivity contribution in [2.75, 3.05) is 6.26 Å². The van der Waals surface area contributed by atoms with E-state index in [1.165, 1.54) is 42.4 Å². The number of aromatic nitrogens is 1. The fraction of sp³-hybridized carbons (Fsp3) is 0.381. The highest BCUT2D eigenvalue weighted by Gasteiger charge is 2.16. The van der Waals surface area contributed by atoms with E-state index in [-0.39, 0.29) is 0 Å². The van der Waals surface area contributed by atoms with Gasteiger partial charge in [-0.05, 0) is 60.8 Å². The Morgan fingerprint density at radius 3 is 2.62 bits per heavy atom. The van der Waals surface area contributed by atoms with Crippen LogP contribution in [0.15, 0.2) is 47.5 Å². The molecule has 1 aromatic heterocycles. The van der Waals surface area contributed by atoms with Crippen LogP contribution in [-0.4, -0.2) is 11.2 Å². The van der Waals surface area contributed by atoms with E-state index in [1.54, 1.807) is 11.8 Å². The van der Waals surface area contributed by atoms with Gasteiger partial charge in [0, 0.05) is 16.7 Å². The molecule has 0 spiro atoms. The van der Waals surface area contributed by atoms with Crippen molar-refractivity contribution >= 4 is 28.9 Å². The zero-order valence-corrected chi connectivity index (χ0v) is 16.0. The zero-order chi connectivity index (χ0) is 16.9. The number of hydrogen-bond acceptors (Lipinski definition) is 2. The van der Waals surface area contributed by atoms with Crippen LogP contribution in [0.25, 0.3) is 5.57 Å². The van der Waals surface area contributed by atoms with Crippen LogP contribution in [0.2, 0.25) is 5.02 Å². The predicted molar refractivity (Wildman–Crippen MR) is 106 cm³/mol. The Hall–Kier alpha value is -1.25. The molecule has 0 atom stereocenters. The number of hydrogen-bond donors (Lipinski definition) is 0. The van der Waals surface area contributed by atoms with Crippen LogP contribution in [0.5, 0.6) is 0 Å². The molecule has 24 heavy (non-hydrogen) atoms. The monoisotopic (exact) mass is 357 g/mol. The first-order chi connectivity index (χ1) is 11.7. The van der Waals surface area contributed by atoms with E-state index in [9.17, 15) is 0 Å². The third kappa shape index (κ3) is 4.04. The first-order valence-corrected chi connectivity index (χ1v) is 10.3. The summed E-state index contributed by atoms with van der Waals surface area (Å²) in [6.45, 7) is 2.16. The third-order valence-electron chi connectivity index (χ3n) is 4.77. The van der Waals surface area contributed by atoms with E-state index in [2.05, 4.69) is 49.6 Å². The molecule has 0 N–H and O–H groups in total. The minimum atomic E-state index is 0.659. The van der Waals surface area contributed by atoms with Gasteiger partial charge in [-0.1, -0.05) is 49.6 Å². The van der Waals surface area contributed by atoms with Gasteiger partial charge in [-0.25, -0.2) is 0 Å². The summed E-state index contributed by atoms with van der Waals surface area (Å²) in [6, 6.07) is 10.7. The van der Waals surface area contributed by atoms with Gasteiger partial charge < -0.3 is 0 Å². The fourth-order valence-electron chi connectivity index (χ4n) is 3.32. The molecule has 0 aliphatic heterocycles. The third-order valence-corrected chi connectivity index (χ3v) is 5.99. The molecule has 0 unspecified atom stereocenters. The van der Waals surface area contributed by atoms with E-state index < -0.39 is 0 Å². The fourth-order valence-corrected chi connectivity index (χ4v) is 4.19. The lowest BCUT2D eigenvalue weighted by atomic mass is 9.95. The summed E-state index contributed by atoms with van der Waals surface area (Å²) < 4.78 is 0. The first kappa shape index (κ1) is 17.6. The lowest BCUT2D eigenvalue weighted by molar-refractivity contribution is 0.687. The Balaban J connectivity index is 2.02. The van der Waals surface area contributed by atoms with Crippen molar-refractivity contribution in [3.63, 3.8) is 0 Å². The quantitative estimate of drug-likeness (QED) is 0.556. The van der Waals surface area contributed by atoms with Gasteiger partial charge in [0.05, 0.1) is 10.7 Å². The largest absolute Gasteiger partial charge is 0.256 e. The summed E-state index contributed by atoms with van der Waals surface area (Å²) >= 11 is 8.14. The molecule has 1 aliphatic carbocycles. The highest BCUT2D eigenvalue weighted by atomic mass is 35.5. The van der Waals surface area contributed by atoms with Gasteiger partial charge in [-0.2, -0.15) is 0 Å². The molecular weight excluding hydrogens is 334 g/mol. The standard InChI is InChI=1S/C21H24ClNS/c1-3-15-8-10-20(23-14-15)18(12-16-6-4-5-7-16)17-9-11-21(24-2)19(22)13-17/h8-14,16H,3-7H2,1-2H3/b18-12+. The maximum atomic E-state index is 6.46. The van der Waals surface area contributed by atoms with Crippen LogP contribution in [0.3, 0.4) is 0 Å². The highest BCUT2D eigenvalue weighted by Crippen LogP contribution is 2.34. The number of thioether (sulfide) groups is 1. The molecule has 1 nitrogen and oxygen atoms in total. The van der Waals surface area contributed by atoms with Crippen molar-refractivity contribution in [3.8, 4) is 0 Å². The summed E-state index contributed by atoms with van der Waals surface area (Å²) in [7, 11) is 0. The van der Waals surface area contributed by atoms with Crippen molar-refractivity contribution in [2.45, 2.75) is 43.9 Å². The Bertz CT molecular complexity index is 715. The average molecular weight is 358 g/mol. The minimum Gasteiger partial charge on any atom is -0.256 e. The van der Waals surface area contributed by atoms with E-state index in [1.807, 2.05) is 6.20 Å². The molecule has 126 valence electrons. The molecule has 2 aromatic rings. The second-order valence-corrected chi connectivity index (χ2v) is 7.63. The molecular formula is C21H24ClNS. The maximum Gasteiger partial charge on any atom is 0.0705 e. The van der Waals surface area contributed by atoms with E-state index in [0.717, 1.165) is 22.0 Å². The van der Waals surface area contributed by atoms with Crippen LogP contribution >= 0.6 is 23.4 Å². The molecule has 1 aliphatic rings. The normalized spacial score (nSPS) is 15.9. The van der Waals surface area contributed by atoms with Crippen LogP contribution in [0.1, 0.15) is 49.4 Å². The molecule has 3 rings (SSSR count). The molecule has 3 heteroatoms. The van der Waals surface area contributed by atoms with Gasteiger partial charge in [0.2, 0.25) is 0 Å². The number of pyridine rings is 1. The number of nitrogens with zero attached hydrogens (tertiary/aromatic N) is 1. The summed E-state index contributed by atoms with van der Waals surface area (Å²) in [5.74, 6) is 0.659. The molecule has 0 saturated heterocycles. The average Bonchev–Trinajstić information content (AvgIpc) is 3.13. The molecule has 0 radical (unpaired) electrons. The highest BCUT2D eigenvalue weighted by molar-refractivity contribution is 7.98. The first-order valence-electron chi connectivity index (χ1n) is 8.72. The lowest BCUT2D eigenvalue weighted by Crippen LogP contribution is -1.97. The van der Waals surface area contributed by atoms with E-state index in [0.29, 0.717) is 5.92 Å². The Kier molecular flexibility index (Phi) is 6.02. The molecule has 0 bridgehead atoms. The van der Waals surface area contributed by atoms with Crippen LogP contribution in [0.4, 0.5) is 0 Å². The summed E-state index contributed by atoms with van der Waals surface area (Å²) in [4.78, 5) is 5.84. The van der Waals surface area contributed by atoms with Crippen molar-refractivity contribution in [1.29, 1.82) is 0 Å². The smallest absolute Gasteiger partial charge is 0.0705 e. The van der Waals surface area contributed by atoms with Crippen molar-refractivity contribution < 1.29 is 0 Å². The van der Waals surface area contributed by atoms with Gasteiger partial charge in [0.15, 0.2) is 0 Å². The Morgan fingerprint density at radius 1 is 1.25 bits per heavy atom. The number of allylic oxidation sites excluding steroid dienone is 1. The van der Waals surface area contributed by atoms with Crippen LogP contribution in [0, 0.1) is 5.92 Å². The van der Waals surface area contributed by atoms with Gasteiger partial charge in [0.25, 0.3) is 0 Å². The summed E-state index contributed by atoms with van der Waals surface area (Å²) in [5, 5.41) is 0.822. The van der Waals surface area contributed by atoms with Gasteiger partial charge in [-0.15, -0.1) is 11.8 Å². The lowest BCUT2D eigenvalue weighted by Gasteiger charge is -2.13. The van der Waals surface area contributed by atoms with E-state index >= 15 is 0 Å². The number of benzene rings is 1. The molecule has 1 fully saturated rings. The SMILES string of the molecule is CCc1ccc(/C(=C/C2CCCC2)c2ccc(SC)c(Cl)c2)nc1. The number of rotatable bonds is 5.